The standard InChI is InChI=1S/C20H15N5O2S2/c1-25-18(15-10-12-6-2-4-8-14(12)27-15)23-24-20(25)28-11-17(26)22-19-21-13-7-3-5-9-16(13)29-19/h2-10H,11H2,1H3,(H,21,22,26). The van der Waals surface area contributed by atoms with Crippen LogP contribution in [0.15, 0.2) is 64.2 Å². The number of hydrogen-bond donors (Lipinski definition) is 1. The summed E-state index contributed by atoms with van der Waals surface area (Å²) in [7, 11) is 1.86. The minimum Gasteiger partial charge on any atom is -0.453 e. The van der Waals surface area contributed by atoms with Crippen molar-refractivity contribution in [2.45, 2.75) is 5.16 Å². The molecule has 0 aliphatic rings. The summed E-state index contributed by atoms with van der Waals surface area (Å²) in [4.78, 5) is 16.7. The first kappa shape index (κ1) is 17.9. The van der Waals surface area contributed by atoms with Crippen molar-refractivity contribution >= 4 is 55.3 Å². The normalized spacial score (nSPS) is 11.3. The average Bonchev–Trinajstić information content (AvgIpc) is 3.41. The van der Waals surface area contributed by atoms with E-state index >= 15 is 0 Å². The molecule has 0 radical (unpaired) electrons. The zero-order chi connectivity index (χ0) is 19.8. The van der Waals surface area contributed by atoms with Crippen LogP contribution >= 0.6 is 23.1 Å². The van der Waals surface area contributed by atoms with Gasteiger partial charge in [-0.15, -0.1) is 10.2 Å². The van der Waals surface area contributed by atoms with Crippen molar-refractivity contribution in [2.24, 2.45) is 7.05 Å². The number of hydrogen-bond acceptors (Lipinski definition) is 7. The van der Waals surface area contributed by atoms with Crippen LogP contribution in [0.5, 0.6) is 0 Å². The topological polar surface area (TPSA) is 85.8 Å². The monoisotopic (exact) mass is 421 g/mol. The van der Waals surface area contributed by atoms with E-state index in [0.717, 1.165) is 21.2 Å². The zero-order valence-corrected chi connectivity index (χ0v) is 17.0. The van der Waals surface area contributed by atoms with Gasteiger partial charge in [0.25, 0.3) is 0 Å². The Kier molecular flexibility index (Phi) is 4.53. The van der Waals surface area contributed by atoms with Gasteiger partial charge in [-0.1, -0.05) is 53.4 Å². The van der Waals surface area contributed by atoms with Crippen molar-refractivity contribution in [3.8, 4) is 11.6 Å². The summed E-state index contributed by atoms with van der Waals surface area (Å²) in [5.41, 5.74) is 1.68. The number of carbonyl (C=O) groups is 1. The van der Waals surface area contributed by atoms with Crippen LogP contribution in [-0.2, 0) is 11.8 Å². The van der Waals surface area contributed by atoms with Crippen molar-refractivity contribution in [3.63, 3.8) is 0 Å². The summed E-state index contributed by atoms with van der Waals surface area (Å²) in [6, 6.07) is 17.5. The number of amides is 1. The van der Waals surface area contributed by atoms with Crippen LogP contribution in [0.2, 0.25) is 0 Å². The number of nitrogens with zero attached hydrogens (tertiary/aromatic N) is 4. The van der Waals surface area contributed by atoms with Crippen molar-refractivity contribution in [1.29, 1.82) is 0 Å². The molecule has 5 rings (SSSR count). The largest absolute Gasteiger partial charge is 0.453 e. The molecule has 0 spiro atoms. The highest BCUT2D eigenvalue weighted by molar-refractivity contribution is 7.99. The summed E-state index contributed by atoms with van der Waals surface area (Å²) >= 11 is 2.77. The molecule has 0 atom stereocenters. The van der Waals surface area contributed by atoms with Gasteiger partial charge >= 0.3 is 0 Å². The van der Waals surface area contributed by atoms with E-state index in [1.165, 1.54) is 23.1 Å². The number of thioether (sulfide) groups is 1. The summed E-state index contributed by atoms with van der Waals surface area (Å²) < 4.78 is 8.73. The third-order valence-corrected chi connectivity index (χ3v) is 6.33. The predicted molar refractivity (Wildman–Crippen MR) is 115 cm³/mol. The highest BCUT2D eigenvalue weighted by Gasteiger charge is 2.16. The van der Waals surface area contributed by atoms with E-state index in [2.05, 4.69) is 20.5 Å². The Morgan fingerprint density at radius 1 is 1.17 bits per heavy atom. The Balaban J connectivity index is 1.28. The number of thiazole rings is 1. The molecule has 1 amide bonds. The number of rotatable bonds is 5. The zero-order valence-electron chi connectivity index (χ0n) is 15.3. The maximum atomic E-state index is 12.3. The van der Waals surface area contributed by atoms with Crippen LogP contribution in [0.25, 0.3) is 32.8 Å². The van der Waals surface area contributed by atoms with Crippen LogP contribution in [-0.4, -0.2) is 31.4 Å². The van der Waals surface area contributed by atoms with Gasteiger partial charge < -0.3 is 14.3 Å². The SMILES string of the molecule is Cn1c(SCC(=O)Nc2nc3ccccc3s2)nnc1-c1cc2ccccc2o1. The molecule has 0 bridgehead atoms. The molecule has 5 aromatic rings. The highest BCUT2D eigenvalue weighted by Crippen LogP contribution is 2.29. The van der Waals surface area contributed by atoms with E-state index < -0.39 is 0 Å². The van der Waals surface area contributed by atoms with Crippen LogP contribution < -0.4 is 5.32 Å². The van der Waals surface area contributed by atoms with Crippen molar-refractivity contribution in [2.75, 3.05) is 11.1 Å². The Labute approximate surface area is 173 Å². The first-order chi connectivity index (χ1) is 14.2. The fourth-order valence-electron chi connectivity index (χ4n) is 2.96. The van der Waals surface area contributed by atoms with Crippen LogP contribution in [0.3, 0.4) is 0 Å². The second-order valence-electron chi connectivity index (χ2n) is 6.34. The number of furan rings is 1. The Hall–Kier alpha value is -3.17. The summed E-state index contributed by atoms with van der Waals surface area (Å²) in [5.74, 6) is 1.34. The summed E-state index contributed by atoms with van der Waals surface area (Å²) in [6.07, 6.45) is 0. The minimum atomic E-state index is -0.137. The van der Waals surface area contributed by atoms with Gasteiger partial charge in [0.1, 0.15) is 5.58 Å². The maximum Gasteiger partial charge on any atom is 0.236 e. The molecule has 3 heterocycles. The molecule has 1 N–H and O–H groups in total. The molecule has 7 nitrogen and oxygen atoms in total. The predicted octanol–water partition coefficient (Wildman–Crippen LogP) is 4.57. The quantitative estimate of drug-likeness (QED) is 0.419. The number of para-hydroxylation sites is 2. The van der Waals surface area contributed by atoms with Gasteiger partial charge in [0.05, 0.1) is 16.0 Å². The van der Waals surface area contributed by atoms with Crippen LogP contribution in [0, 0.1) is 0 Å². The van der Waals surface area contributed by atoms with Gasteiger partial charge in [-0.3, -0.25) is 4.79 Å². The first-order valence-electron chi connectivity index (χ1n) is 8.84. The first-order valence-corrected chi connectivity index (χ1v) is 10.6. The van der Waals surface area contributed by atoms with Gasteiger partial charge in [0.15, 0.2) is 21.9 Å². The lowest BCUT2D eigenvalue weighted by Gasteiger charge is -2.02. The highest BCUT2D eigenvalue weighted by atomic mass is 32.2. The second kappa shape index (κ2) is 7.34. The van der Waals surface area contributed by atoms with E-state index in [1.54, 1.807) is 0 Å². The molecule has 9 heteroatoms. The van der Waals surface area contributed by atoms with E-state index in [0.29, 0.717) is 21.9 Å². The third-order valence-electron chi connectivity index (χ3n) is 4.35. The number of nitrogens with one attached hydrogen (secondary N) is 1. The molecule has 2 aromatic carbocycles. The van der Waals surface area contributed by atoms with Gasteiger partial charge in [0.2, 0.25) is 5.91 Å². The number of aromatic nitrogens is 4. The smallest absolute Gasteiger partial charge is 0.236 e. The molecule has 29 heavy (non-hydrogen) atoms. The molecular weight excluding hydrogens is 406 g/mol. The van der Waals surface area contributed by atoms with E-state index in [-0.39, 0.29) is 11.7 Å². The number of anilines is 1. The van der Waals surface area contributed by atoms with Crippen molar-refractivity contribution in [1.82, 2.24) is 19.7 Å². The Morgan fingerprint density at radius 3 is 2.86 bits per heavy atom. The van der Waals surface area contributed by atoms with Crippen LogP contribution in [0.4, 0.5) is 5.13 Å². The van der Waals surface area contributed by atoms with Gasteiger partial charge in [0, 0.05) is 12.4 Å². The maximum absolute atomic E-state index is 12.3. The lowest BCUT2D eigenvalue weighted by molar-refractivity contribution is -0.113. The fraction of sp³-hybridized carbons (Fsp3) is 0.100. The number of benzene rings is 2. The lowest BCUT2D eigenvalue weighted by atomic mass is 10.2. The molecule has 0 aliphatic heterocycles. The third kappa shape index (κ3) is 3.50. The number of fused-ring (bicyclic) bond motifs is 2. The van der Waals surface area contributed by atoms with Crippen LogP contribution in [0.1, 0.15) is 0 Å². The van der Waals surface area contributed by atoms with Crippen molar-refractivity contribution < 1.29 is 9.21 Å². The summed E-state index contributed by atoms with van der Waals surface area (Å²) in [5, 5.41) is 13.5. The molecule has 3 aromatic heterocycles. The molecule has 0 fully saturated rings. The average molecular weight is 422 g/mol. The summed E-state index contributed by atoms with van der Waals surface area (Å²) in [6.45, 7) is 0. The van der Waals surface area contributed by atoms with E-state index in [9.17, 15) is 4.79 Å². The molecule has 0 saturated carbocycles. The molecular formula is C20H15N5O2S2. The fourth-order valence-corrected chi connectivity index (χ4v) is 4.55. The minimum absolute atomic E-state index is 0.137. The molecule has 0 aliphatic carbocycles. The Morgan fingerprint density at radius 2 is 2.00 bits per heavy atom. The van der Waals surface area contributed by atoms with Crippen molar-refractivity contribution in [3.05, 3.63) is 54.6 Å². The number of carbonyl (C=O) groups excluding carboxylic acids is 1. The lowest BCUT2D eigenvalue weighted by Crippen LogP contribution is -2.14. The van der Waals surface area contributed by atoms with Gasteiger partial charge in [-0.2, -0.15) is 0 Å². The molecule has 0 saturated heterocycles. The van der Waals surface area contributed by atoms with E-state index in [1.807, 2.05) is 66.2 Å². The second-order valence-corrected chi connectivity index (χ2v) is 8.31. The molecule has 144 valence electrons. The van der Waals surface area contributed by atoms with E-state index in [4.69, 9.17) is 4.42 Å². The Bertz CT molecular complexity index is 1270. The van der Waals surface area contributed by atoms with Gasteiger partial charge in [-0.25, -0.2) is 4.98 Å². The van der Waals surface area contributed by atoms with Gasteiger partial charge in [-0.05, 0) is 24.3 Å². The molecule has 0 unspecified atom stereocenters.